The molecule has 0 atom stereocenters. The Bertz CT molecular complexity index is 2200. The third kappa shape index (κ3) is 3.07. The van der Waals surface area contributed by atoms with Gasteiger partial charge in [-0.05, 0) is 12.2 Å². The molecule has 0 saturated carbocycles. The number of aromatic amines is 3. The van der Waals surface area contributed by atoms with E-state index in [9.17, 15) is 0 Å². The summed E-state index contributed by atoms with van der Waals surface area (Å²) < 4.78 is 6.61. The summed E-state index contributed by atoms with van der Waals surface area (Å²) in [5.74, 6) is 0. The Morgan fingerprint density at radius 1 is 0.325 bits per heavy atom. The van der Waals surface area contributed by atoms with E-state index in [4.69, 9.17) is 4.42 Å². The molecule has 0 fully saturated rings. The van der Waals surface area contributed by atoms with Crippen LogP contribution in [0.5, 0.6) is 0 Å². The first kappa shape index (κ1) is 21.5. The zero-order valence-electron chi connectivity index (χ0n) is 21.5. The van der Waals surface area contributed by atoms with Crippen molar-refractivity contribution in [2.75, 3.05) is 0 Å². The number of furan rings is 1. The highest BCUT2D eigenvalue weighted by Crippen LogP contribution is 2.26. The summed E-state index contributed by atoms with van der Waals surface area (Å²) in [5, 5.41) is 11.3. The molecule has 0 unspecified atom stereocenters. The lowest BCUT2D eigenvalue weighted by Gasteiger charge is -1.91. The minimum atomic E-state index is 0.836. The topological polar surface area (TPSA) is 60.5 Å². The molecule has 4 nitrogen and oxygen atoms in total. The van der Waals surface area contributed by atoms with Gasteiger partial charge < -0.3 is 19.4 Å². The van der Waals surface area contributed by atoms with Crippen LogP contribution in [0, 0.1) is 0 Å². The quantitative estimate of drug-likeness (QED) is 0.246. The molecule has 0 radical (unpaired) electrons. The molecular formula is C36H23N3O. The second kappa shape index (κ2) is 8.01. The van der Waals surface area contributed by atoms with E-state index < -0.39 is 0 Å². The van der Waals surface area contributed by atoms with E-state index in [-0.39, 0.29) is 0 Å². The van der Waals surface area contributed by atoms with E-state index in [0.717, 1.165) is 65.8 Å². The van der Waals surface area contributed by atoms with Crippen LogP contribution in [0.25, 0.3) is 67.4 Å². The number of H-pyrrole nitrogens is 3. The molecule has 1 aliphatic rings. The monoisotopic (exact) mass is 513 g/mol. The molecule has 3 N–H and O–H groups in total. The average Bonchev–Trinajstić information content (AvgIpc) is 3.73. The van der Waals surface area contributed by atoms with Crippen molar-refractivity contribution in [1.82, 2.24) is 15.0 Å². The van der Waals surface area contributed by atoms with Crippen molar-refractivity contribution in [2.24, 2.45) is 0 Å². The number of benzene rings is 4. The van der Waals surface area contributed by atoms with Gasteiger partial charge in [-0.2, -0.15) is 0 Å². The Morgan fingerprint density at radius 3 is 1.05 bits per heavy atom. The predicted octanol–water partition coefficient (Wildman–Crippen LogP) is 5.51. The molecule has 0 saturated heterocycles. The number of nitrogens with one attached hydrogen (secondary N) is 3. The smallest absolute Gasteiger partial charge is 0.137 e. The maximum atomic E-state index is 6.61. The molecule has 0 spiro atoms. The second-order valence-corrected chi connectivity index (χ2v) is 10.4. The molecule has 4 aromatic carbocycles. The molecule has 0 aliphatic carbocycles. The Balaban J connectivity index is 1.51. The van der Waals surface area contributed by atoms with Crippen molar-refractivity contribution in [3.63, 3.8) is 0 Å². The minimum absolute atomic E-state index is 0.836. The molecule has 40 heavy (non-hydrogen) atoms. The van der Waals surface area contributed by atoms with Crippen LogP contribution in [0.3, 0.4) is 0 Å². The van der Waals surface area contributed by atoms with Crippen LogP contribution >= 0.6 is 0 Å². The third-order valence-corrected chi connectivity index (χ3v) is 8.14. The molecule has 8 bridgehead atoms. The van der Waals surface area contributed by atoms with E-state index >= 15 is 0 Å². The molecule has 0 amide bonds. The van der Waals surface area contributed by atoms with E-state index in [1.165, 1.54) is 21.5 Å². The highest BCUT2D eigenvalue weighted by Gasteiger charge is 2.13. The standard InChI is InChI=1S/C36H23N3O/c1-2-10-22-21(9-1)29-17-31-23-11-3-5-13-25(23)33(38-31)19-35-27-15-7-8-16-28(27)36(40-35)20-34-26-14-6-4-12-24(26)32(39-34)18-30(22)37-29/h1-20,37-39H. The zero-order valence-corrected chi connectivity index (χ0v) is 21.5. The van der Waals surface area contributed by atoms with Crippen molar-refractivity contribution >= 4 is 67.4 Å². The zero-order chi connectivity index (χ0) is 26.2. The normalized spacial score (nSPS) is 12.8. The van der Waals surface area contributed by atoms with Crippen LogP contribution in [-0.4, -0.2) is 15.0 Å². The van der Waals surface area contributed by atoms with Crippen molar-refractivity contribution in [1.29, 1.82) is 0 Å². The first-order valence-electron chi connectivity index (χ1n) is 13.5. The predicted molar refractivity (Wildman–Crippen MR) is 164 cm³/mol. The molecule has 5 heterocycles. The molecule has 1 aliphatic heterocycles. The van der Waals surface area contributed by atoms with Crippen LogP contribution in [0.2, 0.25) is 0 Å². The van der Waals surface area contributed by atoms with Crippen molar-refractivity contribution < 1.29 is 4.42 Å². The molecule has 188 valence electrons. The first-order valence-corrected chi connectivity index (χ1v) is 13.5. The van der Waals surface area contributed by atoms with Gasteiger partial charge in [0.05, 0.1) is 11.4 Å². The van der Waals surface area contributed by atoms with Gasteiger partial charge in [0.15, 0.2) is 0 Å². The third-order valence-electron chi connectivity index (χ3n) is 8.14. The van der Waals surface area contributed by atoms with Gasteiger partial charge >= 0.3 is 0 Å². The Labute approximate surface area is 227 Å². The van der Waals surface area contributed by atoms with Gasteiger partial charge in [0.2, 0.25) is 0 Å². The molecule has 8 aromatic rings. The largest absolute Gasteiger partial charge is 0.456 e. The molecular weight excluding hydrogens is 490 g/mol. The van der Waals surface area contributed by atoms with E-state index in [2.05, 4.69) is 136 Å². The van der Waals surface area contributed by atoms with Crippen molar-refractivity contribution in [3.05, 3.63) is 141 Å². The number of aromatic nitrogens is 3. The summed E-state index contributed by atoms with van der Waals surface area (Å²) in [6.45, 7) is 0. The minimum Gasteiger partial charge on any atom is -0.456 e. The Morgan fingerprint density at radius 2 is 0.650 bits per heavy atom. The highest BCUT2D eigenvalue weighted by atomic mass is 16.3. The van der Waals surface area contributed by atoms with Crippen LogP contribution in [-0.2, 0) is 0 Å². The SMILES string of the molecule is C1=c2[nH]c(c3ccccc23)=Cc2[nH]c(c3ccccc23)C=c2oc(c3ccccc23)=Cc2[nH]c1c1ccccc21. The Hall–Kier alpha value is -5.48. The lowest BCUT2D eigenvalue weighted by Crippen LogP contribution is -2.10. The van der Waals surface area contributed by atoms with Gasteiger partial charge in [-0.3, -0.25) is 0 Å². The summed E-state index contributed by atoms with van der Waals surface area (Å²) in [7, 11) is 0. The van der Waals surface area contributed by atoms with E-state index in [0.29, 0.717) is 0 Å². The van der Waals surface area contributed by atoms with E-state index in [1.54, 1.807) is 0 Å². The lowest BCUT2D eigenvalue weighted by molar-refractivity contribution is 0.508. The molecule has 4 aromatic heterocycles. The van der Waals surface area contributed by atoms with Gasteiger partial charge in [-0.25, -0.2) is 0 Å². The van der Waals surface area contributed by atoms with Crippen LogP contribution < -0.4 is 21.5 Å². The lowest BCUT2D eigenvalue weighted by atomic mass is 10.1. The van der Waals surface area contributed by atoms with Gasteiger partial charge in [-0.1, -0.05) is 97.1 Å². The average molecular weight is 514 g/mol. The summed E-state index contributed by atoms with van der Waals surface area (Å²) in [6, 6.07) is 34.0. The van der Waals surface area contributed by atoms with Crippen LogP contribution in [0.1, 0.15) is 22.8 Å². The fourth-order valence-corrected chi connectivity index (χ4v) is 6.29. The number of hydrogen-bond acceptors (Lipinski definition) is 1. The second-order valence-electron chi connectivity index (χ2n) is 10.4. The fraction of sp³-hybridized carbons (Fsp3) is 0. The van der Waals surface area contributed by atoms with Gasteiger partial charge in [0.1, 0.15) is 10.8 Å². The highest BCUT2D eigenvalue weighted by molar-refractivity contribution is 5.99. The Kier molecular flexibility index (Phi) is 4.30. The van der Waals surface area contributed by atoms with Crippen LogP contribution in [0.4, 0.5) is 0 Å². The molecule has 9 rings (SSSR count). The summed E-state index contributed by atoms with van der Waals surface area (Å²) >= 11 is 0. The first-order chi connectivity index (χ1) is 19.8. The van der Waals surface area contributed by atoms with Gasteiger partial charge in [0.25, 0.3) is 0 Å². The number of fused-ring (bicyclic) bond motifs is 20. The van der Waals surface area contributed by atoms with E-state index in [1.807, 2.05) is 0 Å². The number of rotatable bonds is 0. The summed E-state index contributed by atoms with van der Waals surface area (Å²) in [6.07, 6.45) is 8.72. The van der Waals surface area contributed by atoms with Crippen LogP contribution in [0.15, 0.2) is 101 Å². The number of hydrogen-bond donors (Lipinski definition) is 3. The maximum absolute atomic E-state index is 6.61. The fourth-order valence-electron chi connectivity index (χ4n) is 6.29. The molecule has 4 heteroatoms. The maximum Gasteiger partial charge on any atom is 0.137 e. The summed E-state index contributed by atoms with van der Waals surface area (Å²) in [5.41, 5.74) is 5.83. The summed E-state index contributed by atoms with van der Waals surface area (Å²) in [4.78, 5) is 11.2. The van der Waals surface area contributed by atoms with Crippen molar-refractivity contribution in [2.45, 2.75) is 0 Å². The van der Waals surface area contributed by atoms with Gasteiger partial charge in [-0.15, -0.1) is 0 Å². The van der Waals surface area contributed by atoms with Crippen molar-refractivity contribution in [3.8, 4) is 0 Å². The van der Waals surface area contributed by atoms with Gasteiger partial charge in [0, 0.05) is 77.3 Å².